The second-order valence-electron chi connectivity index (χ2n) is 4.30. The highest BCUT2D eigenvalue weighted by atomic mass is 79.9. The van der Waals surface area contributed by atoms with Crippen LogP contribution >= 0.6 is 39.1 Å². The van der Waals surface area contributed by atoms with Crippen LogP contribution in [0, 0.1) is 0 Å². The fraction of sp³-hybridized carbons (Fsp3) is 0.143. The monoisotopic (exact) mass is 371 g/mol. The maximum absolute atomic E-state index is 6.06. The van der Waals surface area contributed by atoms with Crippen LogP contribution in [0.5, 0.6) is 0 Å². The summed E-state index contributed by atoms with van der Waals surface area (Å²) in [5.74, 6) is 0.615. The van der Waals surface area contributed by atoms with E-state index in [9.17, 15) is 0 Å². The number of hydrogen-bond acceptors (Lipinski definition) is 3. The molecule has 0 atom stereocenters. The van der Waals surface area contributed by atoms with Crippen LogP contribution in [0.15, 0.2) is 47.0 Å². The molecule has 2 rings (SSSR count). The largest absolute Gasteiger partial charge is 0.321 e. The number of nitrogens with zero attached hydrogens (tertiary/aromatic N) is 3. The summed E-state index contributed by atoms with van der Waals surface area (Å²) >= 11 is 15.4. The molecule has 104 valence electrons. The summed E-state index contributed by atoms with van der Waals surface area (Å²) in [4.78, 5) is 10.2. The van der Waals surface area contributed by atoms with Crippen LogP contribution in [0.1, 0.15) is 6.92 Å². The van der Waals surface area contributed by atoms with Crippen molar-refractivity contribution in [2.24, 2.45) is 0 Å². The van der Waals surface area contributed by atoms with Crippen molar-refractivity contribution in [1.82, 2.24) is 9.97 Å². The summed E-state index contributed by atoms with van der Waals surface area (Å²) in [6, 6.07) is 9.84. The van der Waals surface area contributed by atoms with Crippen LogP contribution in [0.3, 0.4) is 0 Å². The molecule has 1 heterocycles. The summed E-state index contributed by atoms with van der Waals surface area (Å²) in [6.07, 6.45) is 0. The fourth-order valence-electron chi connectivity index (χ4n) is 1.73. The molecule has 0 saturated heterocycles. The lowest BCUT2D eigenvalue weighted by Gasteiger charge is -2.25. The van der Waals surface area contributed by atoms with Crippen molar-refractivity contribution in [1.29, 1.82) is 0 Å². The Morgan fingerprint density at radius 3 is 2.50 bits per heavy atom. The Bertz CT molecular complexity index is 632. The van der Waals surface area contributed by atoms with Crippen molar-refractivity contribution in [3.63, 3.8) is 0 Å². The van der Waals surface area contributed by atoms with Gasteiger partial charge in [-0.05, 0) is 46.6 Å². The van der Waals surface area contributed by atoms with Gasteiger partial charge in [-0.3, -0.25) is 0 Å². The number of para-hydroxylation sites is 1. The maximum atomic E-state index is 6.06. The third-order valence-corrected chi connectivity index (χ3v) is 3.92. The van der Waals surface area contributed by atoms with E-state index in [0.717, 1.165) is 11.3 Å². The van der Waals surface area contributed by atoms with Crippen LogP contribution in [0.2, 0.25) is 10.4 Å². The molecule has 2 aromatic rings. The zero-order valence-electron chi connectivity index (χ0n) is 10.8. The van der Waals surface area contributed by atoms with Gasteiger partial charge in [-0.15, -0.1) is 0 Å². The van der Waals surface area contributed by atoms with Crippen LogP contribution < -0.4 is 4.90 Å². The fourth-order valence-corrected chi connectivity index (χ4v) is 2.49. The lowest BCUT2D eigenvalue weighted by atomic mass is 10.2. The molecule has 0 amide bonds. The highest BCUT2D eigenvalue weighted by Crippen LogP contribution is 2.35. The van der Waals surface area contributed by atoms with Gasteiger partial charge >= 0.3 is 0 Å². The average Bonchev–Trinajstić information content (AvgIpc) is 2.41. The van der Waals surface area contributed by atoms with Crippen LogP contribution in [-0.4, -0.2) is 16.5 Å². The molecule has 0 fully saturated rings. The minimum Gasteiger partial charge on any atom is -0.321 e. The van der Waals surface area contributed by atoms with E-state index in [1.54, 1.807) is 0 Å². The number of anilines is 2. The maximum Gasteiger partial charge on any atom is 0.225 e. The molecule has 0 aliphatic carbocycles. The summed E-state index contributed by atoms with van der Waals surface area (Å²) < 4.78 is 0.605. The molecule has 0 unspecified atom stereocenters. The number of hydrogen-bond donors (Lipinski definition) is 0. The van der Waals surface area contributed by atoms with Crippen molar-refractivity contribution in [3.05, 3.63) is 57.4 Å². The van der Waals surface area contributed by atoms with E-state index >= 15 is 0 Å². The minimum atomic E-state index is 0.107. The molecule has 0 spiro atoms. The first kappa shape index (κ1) is 15.3. The third kappa shape index (κ3) is 3.51. The number of rotatable bonds is 4. The summed E-state index contributed by atoms with van der Waals surface area (Å²) in [5.41, 5.74) is 1.97. The van der Waals surface area contributed by atoms with E-state index in [2.05, 4.69) is 32.5 Å². The molecule has 20 heavy (non-hydrogen) atoms. The predicted octanol–water partition coefficient (Wildman–Crippen LogP) is 5.26. The van der Waals surface area contributed by atoms with E-state index in [1.807, 2.05) is 42.2 Å². The Balaban J connectivity index is 2.55. The summed E-state index contributed by atoms with van der Waals surface area (Å²) in [5, 5.41) is 0.387. The Morgan fingerprint density at radius 1 is 1.25 bits per heavy atom. The Labute approximate surface area is 136 Å². The van der Waals surface area contributed by atoms with Gasteiger partial charge in [0.2, 0.25) is 5.28 Å². The smallest absolute Gasteiger partial charge is 0.225 e. The van der Waals surface area contributed by atoms with Gasteiger partial charge in [-0.1, -0.05) is 42.0 Å². The first-order chi connectivity index (χ1) is 9.49. The van der Waals surface area contributed by atoms with Gasteiger partial charge in [0.05, 0.1) is 4.47 Å². The molecule has 0 aliphatic heterocycles. The highest BCUT2D eigenvalue weighted by Gasteiger charge is 2.18. The van der Waals surface area contributed by atoms with E-state index in [-0.39, 0.29) is 10.4 Å². The van der Waals surface area contributed by atoms with E-state index in [0.29, 0.717) is 16.8 Å². The van der Waals surface area contributed by atoms with Crippen LogP contribution in [-0.2, 0) is 0 Å². The van der Waals surface area contributed by atoms with Crippen molar-refractivity contribution in [2.45, 2.75) is 6.92 Å². The Morgan fingerprint density at radius 2 is 1.90 bits per heavy atom. The van der Waals surface area contributed by atoms with Gasteiger partial charge < -0.3 is 4.90 Å². The molecule has 1 aromatic heterocycles. The topological polar surface area (TPSA) is 29.0 Å². The van der Waals surface area contributed by atoms with Crippen molar-refractivity contribution in [2.75, 3.05) is 11.4 Å². The molecular formula is C14H12BrCl2N3. The molecule has 3 nitrogen and oxygen atoms in total. The van der Waals surface area contributed by atoms with E-state index < -0.39 is 0 Å². The molecular weight excluding hydrogens is 361 g/mol. The lowest BCUT2D eigenvalue weighted by molar-refractivity contribution is 0.983. The first-order valence-corrected chi connectivity index (χ1v) is 7.39. The Kier molecular flexibility index (Phi) is 5.02. The molecule has 6 heteroatoms. The number of aromatic nitrogens is 2. The van der Waals surface area contributed by atoms with Gasteiger partial charge in [0.25, 0.3) is 0 Å². The molecule has 0 bridgehead atoms. The van der Waals surface area contributed by atoms with Gasteiger partial charge in [0, 0.05) is 12.2 Å². The van der Waals surface area contributed by atoms with E-state index in [4.69, 9.17) is 23.2 Å². The highest BCUT2D eigenvalue weighted by molar-refractivity contribution is 9.10. The zero-order chi connectivity index (χ0) is 14.7. The van der Waals surface area contributed by atoms with Crippen molar-refractivity contribution < 1.29 is 0 Å². The zero-order valence-corrected chi connectivity index (χ0v) is 13.9. The third-order valence-electron chi connectivity index (χ3n) is 2.52. The lowest BCUT2D eigenvalue weighted by Crippen LogP contribution is -2.21. The van der Waals surface area contributed by atoms with Crippen molar-refractivity contribution in [3.8, 4) is 0 Å². The summed E-state index contributed by atoms with van der Waals surface area (Å²) in [7, 11) is 0. The molecule has 0 N–H and O–H groups in total. The molecule has 0 aliphatic rings. The number of halogens is 3. The quantitative estimate of drug-likeness (QED) is 0.416. The van der Waals surface area contributed by atoms with Crippen LogP contribution in [0.4, 0.5) is 11.5 Å². The van der Waals surface area contributed by atoms with Crippen molar-refractivity contribution >= 4 is 50.6 Å². The Hall–Kier alpha value is -1.10. The minimum absolute atomic E-state index is 0.107. The second kappa shape index (κ2) is 6.57. The predicted molar refractivity (Wildman–Crippen MR) is 88.0 cm³/mol. The van der Waals surface area contributed by atoms with Gasteiger partial charge in [0.1, 0.15) is 5.15 Å². The first-order valence-electron chi connectivity index (χ1n) is 5.84. The average molecular weight is 373 g/mol. The van der Waals surface area contributed by atoms with E-state index in [1.165, 1.54) is 0 Å². The molecule has 0 radical (unpaired) electrons. The summed E-state index contributed by atoms with van der Waals surface area (Å²) in [6.45, 7) is 6.51. The molecule has 1 aromatic carbocycles. The molecule has 0 saturated carbocycles. The second-order valence-corrected chi connectivity index (χ2v) is 5.79. The van der Waals surface area contributed by atoms with Gasteiger partial charge in [-0.25, -0.2) is 4.98 Å². The standard InChI is InChI=1S/C14H12BrCl2N3/c1-9(2)8-20(10-6-4-3-5-7-10)13-11(15)12(16)18-14(17)19-13/h3-7H,1,8H2,2H3. The van der Waals surface area contributed by atoms with Gasteiger partial charge in [-0.2, -0.15) is 4.98 Å². The normalized spacial score (nSPS) is 10.4. The van der Waals surface area contributed by atoms with Gasteiger partial charge in [0.15, 0.2) is 5.82 Å². The SMILES string of the molecule is C=C(C)CN(c1ccccc1)c1nc(Cl)nc(Cl)c1Br. The number of benzene rings is 1. The van der Waals surface area contributed by atoms with Crippen LogP contribution in [0.25, 0.3) is 0 Å².